The van der Waals surface area contributed by atoms with Gasteiger partial charge >= 0.3 is 5.97 Å². The summed E-state index contributed by atoms with van der Waals surface area (Å²) in [6, 6.07) is 0. The molecule has 0 spiro atoms. The van der Waals surface area contributed by atoms with Gasteiger partial charge in [0.15, 0.2) is 0 Å². The highest BCUT2D eigenvalue weighted by Gasteiger charge is 2.41. The molecule has 1 aliphatic heterocycles. The van der Waals surface area contributed by atoms with Crippen LogP contribution in [0.5, 0.6) is 0 Å². The molecular weight excluding hydrogens is 338 g/mol. The fraction of sp³-hybridized carbons (Fsp3) is 0.643. The SMILES string of the molecule is CCCCc1nnc(N2C(=O)CC(SCC(=O)OCC)C2=O)s1. The normalized spacial score (nSPS) is 17.8. The van der Waals surface area contributed by atoms with Crippen molar-refractivity contribution in [2.24, 2.45) is 0 Å². The molecule has 0 radical (unpaired) electrons. The third-order valence-corrected chi connectivity index (χ3v) is 5.35. The molecule has 1 aromatic rings. The lowest BCUT2D eigenvalue weighted by Gasteiger charge is -2.10. The molecule has 2 rings (SSSR count). The van der Waals surface area contributed by atoms with Gasteiger partial charge in [-0.2, -0.15) is 0 Å². The minimum absolute atomic E-state index is 0.0588. The van der Waals surface area contributed by atoms with E-state index in [4.69, 9.17) is 4.74 Å². The summed E-state index contributed by atoms with van der Waals surface area (Å²) >= 11 is 2.41. The molecule has 1 atom stereocenters. The van der Waals surface area contributed by atoms with Crippen LogP contribution in [0.15, 0.2) is 0 Å². The van der Waals surface area contributed by atoms with Gasteiger partial charge < -0.3 is 4.74 Å². The fourth-order valence-corrected chi connectivity index (χ4v) is 3.90. The number of hydrogen-bond donors (Lipinski definition) is 0. The highest BCUT2D eigenvalue weighted by molar-refractivity contribution is 8.01. The summed E-state index contributed by atoms with van der Waals surface area (Å²) in [7, 11) is 0. The second-order valence-electron chi connectivity index (χ2n) is 4.96. The summed E-state index contributed by atoms with van der Waals surface area (Å²) < 4.78 is 4.83. The van der Waals surface area contributed by atoms with Gasteiger partial charge in [0.2, 0.25) is 16.9 Å². The van der Waals surface area contributed by atoms with Gasteiger partial charge in [0.1, 0.15) is 5.01 Å². The number of ether oxygens (including phenoxy) is 1. The van der Waals surface area contributed by atoms with E-state index in [1.54, 1.807) is 6.92 Å². The van der Waals surface area contributed by atoms with E-state index in [1.165, 1.54) is 11.3 Å². The Bertz CT molecular complexity index is 590. The molecule has 1 aromatic heterocycles. The van der Waals surface area contributed by atoms with E-state index in [0.29, 0.717) is 11.7 Å². The van der Waals surface area contributed by atoms with Crippen molar-refractivity contribution in [2.45, 2.75) is 44.8 Å². The average Bonchev–Trinajstić information content (AvgIpc) is 3.08. The zero-order valence-corrected chi connectivity index (χ0v) is 14.7. The molecule has 0 N–H and O–H groups in total. The Hall–Kier alpha value is -1.48. The summed E-state index contributed by atoms with van der Waals surface area (Å²) in [5.74, 6) is -0.950. The van der Waals surface area contributed by atoms with Gasteiger partial charge in [-0.15, -0.1) is 22.0 Å². The van der Waals surface area contributed by atoms with Gasteiger partial charge in [-0.3, -0.25) is 14.4 Å². The van der Waals surface area contributed by atoms with Crippen LogP contribution in [0.25, 0.3) is 0 Å². The van der Waals surface area contributed by atoms with Crippen LogP contribution in [0.1, 0.15) is 38.1 Å². The zero-order valence-electron chi connectivity index (χ0n) is 13.1. The van der Waals surface area contributed by atoms with Crippen LogP contribution >= 0.6 is 23.1 Å². The molecule has 126 valence electrons. The molecule has 7 nitrogen and oxygen atoms in total. The van der Waals surface area contributed by atoms with E-state index < -0.39 is 5.25 Å². The number of amides is 2. The molecule has 9 heteroatoms. The molecule has 0 bridgehead atoms. The molecular formula is C14H19N3O4S2. The van der Waals surface area contributed by atoms with Crippen LogP contribution in [0.3, 0.4) is 0 Å². The number of nitrogens with zero attached hydrogens (tertiary/aromatic N) is 3. The van der Waals surface area contributed by atoms with Gasteiger partial charge in [-0.1, -0.05) is 24.7 Å². The molecule has 2 heterocycles. The predicted molar refractivity (Wildman–Crippen MR) is 88.5 cm³/mol. The van der Waals surface area contributed by atoms with Crippen molar-refractivity contribution in [3.8, 4) is 0 Å². The Morgan fingerprint density at radius 2 is 2.17 bits per heavy atom. The Labute approximate surface area is 142 Å². The van der Waals surface area contributed by atoms with E-state index in [2.05, 4.69) is 17.1 Å². The molecule has 23 heavy (non-hydrogen) atoms. The van der Waals surface area contributed by atoms with Crippen LogP contribution in [0, 0.1) is 0 Å². The standard InChI is InChI=1S/C14H19N3O4S2/c1-3-5-6-10-15-16-14(23-10)17-11(18)7-9(13(17)20)22-8-12(19)21-4-2/h9H,3-8H2,1-2H3. The highest BCUT2D eigenvalue weighted by Crippen LogP contribution is 2.31. The molecule has 0 aromatic carbocycles. The van der Waals surface area contributed by atoms with Gasteiger partial charge in [0.25, 0.3) is 0 Å². The van der Waals surface area contributed by atoms with Crippen molar-refractivity contribution >= 4 is 46.0 Å². The molecule has 2 amide bonds. The summed E-state index contributed by atoms with van der Waals surface area (Å²) in [5.41, 5.74) is 0. The third kappa shape index (κ3) is 4.51. The van der Waals surface area contributed by atoms with E-state index in [0.717, 1.165) is 40.9 Å². The summed E-state index contributed by atoms with van der Waals surface area (Å²) in [4.78, 5) is 36.9. The van der Waals surface area contributed by atoms with Crippen molar-refractivity contribution < 1.29 is 19.1 Å². The Kier molecular flexibility index (Phi) is 6.52. The monoisotopic (exact) mass is 357 g/mol. The number of carbonyl (C=O) groups excluding carboxylic acids is 3. The quantitative estimate of drug-likeness (QED) is 0.518. The number of unbranched alkanes of at least 4 members (excludes halogenated alkanes) is 1. The van der Waals surface area contributed by atoms with Gasteiger partial charge in [0.05, 0.1) is 17.6 Å². The van der Waals surface area contributed by atoms with Crippen molar-refractivity contribution in [3.63, 3.8) is 0 Å². The first kappa shape index (κ1) is 17.9. The summed E-state index contributed by atoms with van der Waals surface area (Å²) in [6.07, 6.45) is 2.91. The van der Waals surface area contributed by atoms with Crippen LogP contribution in [-0.4, -0.2) is 45.6 Å². The maximum absolute atomic E-state index is 12.4. The molecule has 0 aliphatic carbocycles. The maximum atomic E-state index is 12.4. The summed E-state index contributed by atoms with van der Waals surface area (Å²) in [5, 5.41) is 8.58. The van der Waals surface area contributed by atoms with E-state index >= 15 is 0 Å². The van der Waals surface area contributed by atoms with Gasteiger partial charge in [-0.05, 0) is 13.3 Å². The van der Waals surface area contributed by atoms with Crippen LogP contribution < -0.4 is 4.90 Å². The molecule has 1 unspecified atom stereocenters. The number of esters is 1. The molecule has 1 aliphatic rings. The van der Waals surface area contributed by atoms with Crippen LogP contribution in [-0.2, 0) is 25.5 Å². The predicted octanol–water partition coefficient (Wildman–Crippen LogP) is 1.81. The highest BCUT2D eigenvalue weighted by atomic mass is 32.2. The lowest BCUT2D eigenvalue weighted by atomic mass is 10.3. The number of aryl methyl sites for hydroxylation is 1. The Morgan fingerprint density at radius 3 is 2.87 bits per heavy atom. The third-order valence-electron chi connectivity index (χ3n) is 3.20. The number of carbonyl (C=O) groups is 3. The number of anilines is 1. The first-order valence-electron chi connectivity index (χ1n) is 7.53. The van der Waals surface area contributed by atoms with Crippen molar-refractivity contribution in [1.82, 2.24) is 10.2 Å². The van der Waals surface area contributed by atoms with E-state index in [9.17, 15) is 14.4 Å². The zero-order chi connectivity index (χ0) is 16.8. The summed E-state index contributed by atoms with van der Waals surface area (Å²) in [6.45, 7) is 4.11. The molecule has 1 saturated heterocycles. The molecule has 0 saturated carbocycles. The number of rotatable bonds is 8. The van der Waals surface area contributed by atoms with Crippen LogP contribution in [0.2, 0.25) is 0 Å². The van der Waals surface area contributed by atoms with Crippen molar-refractivity contribution in [1.29, 1.82) is 0 Å². The van der Waals surface area contributed by atoms with Crippen molar-refractivity contribution in [2.75, 3.05) is 17.3 Å². The lowest BCUT2D eigenvalue weighted by molar-refractivity contribution is -0.139. The number of thioether (sulfide) groups is 1. The topological polar surface area (TPSA) is 89.5 Å². The van der Waals surface area contributed by atoms with E-state index in [-0.39, 0.29) is 30.0 Å². The van der Waals surface area contributed by atoms with E-state index in [1.807, 2.05) is 0 Å². The second-order valence-corrected chi connectivity index (χ2v) is 7.19. The fourth-order valence-electron chi connectivity index (χ4n) is 2.07. The maximum Gasteiger partial charge on any atom is 0.315 e. The number of aromatic nitrogens is 2. The van der Waals surface area contributed by atoms with Crippen molar-refractivity contribution in [3.05, 3.63) is 5.01 Å². The van der Waals surface area contributed by atoms with Gasteiger partial charge in [0, 0.05) is 12.8 Å². The molecule has 1 fully saturated rings. The number of hydrogen-bond acceptors (Lipinski definition) is 8. The smallest absolute Gasteiger partial charge is 0.315 e. The average molecular weight is 357 g/mol. The number of imide groups is 1. The second kappa shape index (κ2) is 8.39. The lowest BCUT2D eigenvalue weighted by Crippen LogP contribution is -2.31. The van der Waals surface area contributed by atoms with Crippen LogP contribution in [0.4, 0.5) is 5.13 Å². The first-order valence-corrected chi connectivity index (χ1v) is 9.39. The minimum atomic E-state index is -0.560. The Balaban J connectivity index is 1.98. The Morgan fingerprint density at radius 1 is 1.39 bits per heavy atom. The minimum Gasteiger partial charge on any atom is -0.465 e. The van der Waals surface area contributed by atoms with Gasteiger partial charge in [-0.25, -0.2) is 4.90 Å². The first-order chi connectivity index (χ1) is 11.1. The largest absolute Gasteiger partial charge is 0.465 e.